The summed E-state index contributed by atoms with van der Waals surface area (Å²) in [6.07, 6.45) is -1.49. The summed E-state index contributed by atoms with van der Waals surface area (Å²) in [5, 5.41) is 3.69. The maximum atomic E-state index is 14.1. The second-order valence-electron chi connectivity index (χ2n) is 7.68. The number of hydrogen-bond donors (Lipinski definition) is 0. The zero-order chi connectivity index (χ0) is 22.7. The van der Waals surface area contributed by atoms with E-state index in [0.717, 1.165) is 16.8 Å². The third-order valence-corrected chi connectivity index (χ3v) is 5.43. The fraction of sp³-hybridized carbons (Fsp3) is 0.364. The molecule has 0 bridgehead atoms. The highest BCUT2D eigenvalue weighted by Crippen LogP contribution is 2.26. The number of hydrogen-bond acceptors (Lipinski definition) is 4. The highest BCUT2D eigenvalue weighted by Gasteiger charge is 2.24. The van der Waals surface area contributed by atoms with Crippen LogP contribution in [0.1, 0.15) is 30.7 Å². The molecule has 1 aromatic heterocycles. The quantitative estimate of drug-likeness (QED) is 0.478. The molecule has 0 radical (unpaired) electrons. The van der Waals surface area contributed by atoms with E-state index in [1.807, 2.05) is 4.90 Å². The van der Waals surface area contributed by atoms with E-state index in [0.29, 0.717) is 38.0 Å². The third kappa shape index (κ3) is 5.07. The van der Waals surface area contributed by atoms with Crippen LogP contribution >= 0.6 is 0 Å². The number of rotatable bonds is 7. The van der Waals surface area contributed by atoms with Gasteiger partial charge in [0, 0.05) is 12.1 Å². The van der Waals surface area contributed by atoms with Gasteiger partial charge in [0.2, 0.25) is 5.82 Å². The molecule has 0 unspecified atom stereocenters. The fourth-order valence-electron chi connectivity index (χ4n) is 3.69. The molecule has 4 rings (SSSR count). The number of halogens is 5. The average molecular weight is 452 g/mol. The van der Waals surface area contributed by atoms with Crippen LogP contribution in [0.3, 0.4) is 0 Å². The van der Waals surface area contributed by atoms with Crippen molar-refractivity contribution in [1.82, 2.24) is 19.7 Å². The predicted octanol–water partition coefficient (Wildman–Crippen LogP) is 4.91. The van der Waals surface area contributed by atoms with Crippen LogP contribution < -0.4 is 4.74 Å². The Bertz CT molecular complexity index is 1070. The molecular weight excluding hydrogens is 431 g/mol. The van der Waals surface area contributed by atoms with Gasteiger partial charge < -0.3 is 4.74 Å². The van der Waals surface area contributed by atoms with Crippen LogP contribution in [0.5, 0.6) is 6.01 Å². The molecule has 1 saturated heterocycles. The lowest BCUT2D eigenvalue weighted by molar-refractivity contribution is 0.128. The Morgan fingerprint density at radius 3 is 2.47 bits per heavy atom. The Morgan fingerprint density at radius 2 is 1.75 bits per heavy atom. The van der Waals surface area contributed by atoms with Crippen LogP contribution in [-0.2, 0) is 6.54 Å². The number of benzene rings is 2. The van der Waals surface area contributed by atoms with Gasteiger partial charge in [0.25, 0.3) is 6.43 Å². The van der Waals surface area contributed by atoms with E-state index >= 15 is 0 Å². The van der Waals surface area contributed by atoms with Gasteiger partial charge in [0.15, 0.2) is 0 Å². The van der Waals surface area contributed by atoms with Crippen molar-refractivity contribution in [2.24, 2.45) is 5.92 Å². The van der Waals surface area contributed by atoms with Crippen molar-refractivity contribution in [2.45, 2.75) is 25.8 Å². The number of ether oxygens (including phenoxy) is 1. The molecule has 2 heterocycles. The van der Waals surface area contributed by atoms with Crippen LogP contribution in [0, 0.1) is 23.4 Å². The largest absolute Gasteiger partial charge is 0.463 e. The molecule has 32 heavy (non-hydrogen) atoms. The van der Waals surface area contributed by atoms with E-state index in [-0.39, 0.29) is 24.2 Å². The molecule has 0 amide bonds. The van der Waals surface area contributed by atoms with E-state index in [4.69, 9.17) is 4.74 Å². The smallest absolute Gasteiger partial charge is 0.320 e. The molecule has 0 N–H and O–H groups in total. The molecule has 3 aromatic rings. The van der Waals surface area contributed by atoms with Gasteiger partial charge in [0.05, 0.1) is 6.61 Å². The van der Waals surface area contributed by atoms with Crippen LogP contribution in [0.2, 0.25) is 0 Å². The van der Waals surface area contributed by atoms with Crippen molar-refractivity contribution in [3.05, 3.63) is 71.3 Å². The molecule has 1 aliphatic heterocycles. The minimum Gasteiger partial charge on any atom is -0.463 e. The molecule has 10 heteroatoms. The summed E-state index contributed by atoms with van der Waals surface area (Å²) in [5.74, 6) is -2.20. The predicted molar refractivity (Wildman–Crippen MR) is 106 cm³/mol. The van der Waals surface area contributed by atoms with Crippen molar-refractivity contribution in [1.29, 1.82) is 0 Å². The van der Waals surface area contributed by atoms with Gasteiger partial charge in [-0.25, -0.2) is 22.0 Å². The summed E-state index contributed by atoms with van der Waals surface area (Å²) < 4.78 is 74.2. The van der Waals surface area contributed by atoms with Crippen molar-refractivity contribution in [3.8, 4) is 11.7 Å². The maximum absolute atomic E-state index is 14.1. The zero-order valence-corrected chi connectivity index (χ0v) is 17.0. The van der Waals surface area contributed by atoms with Gasteiger partial charge >= 0.3 is 6.01 Å². The number of aromatic nitrogens is 3. The molecule has 0 atom stereocenters. The number of piperidine rings is 1. The standard InChI is InChI=1S/C22H21F5N4O/c23-16-5-6-17(24)15(11-16)12-30-9-7-14(8-10-30)13-32-22-28-21(20(26)27)29-31(22)19-4-2-1-3-18(19)25/h1-6,11,14,20H,7-10,12-13H2. The summed E-state index contributed by atoms with van der Waals surface area (Å²) in [7, 11) is 0. The normalized spacial score (nSPS) is 15.4. The molecular formula is C22H21F5N4O. The number of para-hydroxylation sites is 1. The van der Waals surface area contributed by atoms with Crippen LogP contribution in [0.25, 0.3) is 5.69 Å². The zero-order valence-electron chi connectivity index (χ0n) is 17.0. The van der Waals surface area contributed by atoms with Gasteiger partial charge in [0.1, 0.15) is 23.1 Å². The Kier molecular flexibility index (Phi) is 6.69. The molecule has 0 saturated carbocycles. The van der Waals surface area contributed by atoms with E-state index in [1.54, 1.807) is 6.07 Å². The monoisotopic (exact) mass is 452 g/mol. The van der Waals surface area contributed by atoms with E-state index in [2.05, 4.69) is 10.1 Å². The first-order chi connectivity index (χ1) is 15.4. The highest BCUT2D eigenvalue weighted by molar-refractivity contribution is 5.34. The van der Waals surface area contributed by atoms with E-state index in [1.165, 1.54) is 24.3 Å². The Labute approximate surface area is 181 Å². The van der Waals surface area contributed by atoms with E-state index < -0.39 is 29.7 Å². The summed E-state index contributed by atoms with van der Waals surface area (Å²) in [6, 6.07) is 8.83. The number of likely N-dealkylation sites (tertiary alicyclic amines) is 1. The van der Waals surface area contributed by atoms with Crippen molar-refractivity contribution < 1.29 is 26.7 Å². The van der Waals surface area contributed by atoms with Gasteiger partial charge in [-0.3, -0.25) is 4.90 Å². The molecule has 170 valence electrons. The van der Waals surface area contributed by atoms with Crippen molar-refractivity contribution >= 4 is 0 Å². The number of alkyl halides is 2. The van der Waals surface area contributed by atoms with Crippen molar-refractivity contribution in [2.75, 3.05) is 19.7 Å². The molecule has 2 aromatic carbocycles. The number of nitrogens with zero attached hydrogens (tertiary/aromatic N) is 4. The minimum absolute atomic E-state index is 0.0335. The summed E-state index contributed by atoms with van der Waals surface area (Å²) in [4.78, 5) is 5.74. The summed E-state index contributed by atoms with van der Waals surface area (Å²) in [5.41, 5.74) is 0.269. The Morgan fingerprint density at radius 1 is 1.00 bits per heavy atom. The van der Waals surface area contributed by atoms with Gasteiger partial charge in [-0.05, 0) is 62.2 Å². The first kappa shape index (κ1) is 22.2. The Balaban J connectivity index is 1.38. The SMILES string of the molecule is Fc1ccc(F)c(CN2CCC(COc3nc(C(F)F)nn3-c3ccccc3F)CC2)c1. The summed E-state index contributed by atoms with van der Waals surface area (Å²) in [6.45, 7) is 1.78. The molecule has 1 aliphatic rings. The van der Waals surface area contributed by atoms with Crippen LogP contribution in [0.15, 0.2) is 42.5 Å². The lowest BCUT2D eigenvalue weighted by Gasteiger charge is -2.31. The van der Waals surface area contributed by atoms with Crippen LogP contribution in [0.4, 0.5) is 22.0 Å². The van der Waals surface area contributed by atoms with E-state index in [9.17, 15) is 22.0 Å². The Hall–Kier alpha value is -3.01. The average Bonchev–Trinajstić information content (AvgIpc) is 3.20. The fourth-order valence-corrected chi connectivity index (χ4v) is 3.69. The highest BCUT2D eigenvalue weighted by atomic mass is 19.3. The minimum atomic E-state index is -2.92. The lowest BCUT2D eigenvalue weighted by Crippen LogP contribution is -2.35. The molecule has 0 aliphatic carbocycles. The first-order valence-corrected chi connectivity index (χ1v) is 10.2. The van der Waals surface area contributed by atoms with Gasteiger partial charge in [-0.15, -0.1) is 5.10 Å². The second kappa shape index (κ2) is 9.64. The lowest BCUT2D eigenvalue weighted by atomic mass is 9.97. The maximum Gasteiger partial charge on any atom is 0.320 e. The van der Waals surface area contributed by atoms with Gasteiger partial charge in [-0.2, -0.15) is 9.67 Å². The van der Waals surface area contributed by atoms with Crippen LogP contribution in [-0.4, -0.2) is 39.4 Å². The second-order valence-corrected chi connectivity index (χ2v) is 7.68. The topological polar surface area (TPSA) is 43.2 Å². The van der Waals surface area contributed by atoms with Crippen molar-refractivity contribution in [3.63, 3.8) is 0 Å². The molecule has 1 fully saturated rings. The molecule has 5 nitrogen and oxygen atoms in total. The molecule has 0 spiro atoms. The van der Waals surface area contributed by atoms with Gasteiger partial charge in [-0.1, -0.05) is 12.1 Å². The third-order valence-electron chi connectivity index (χ3n) is 5.43. The first-order valence-electron chi connectivity index (χ1n) is 10.2. The summed E-state index contributed by atoms with van der Waals surface area (Å²) >= 11 is 0.